The van der Waals surface area contributed by atoms with Crippen LogP contribution < -0.4 is 5.56 Å². The van der Waals surface area contributed by atoms with Crippen LogP contribution in [0.25, 0.3) is 0 Å². The molecule has 2 fully saturated rings. The Morgan fingerprint density at radius 3 is 2.72 bits per heavy atom. The van der Waals surface area contributed by atoms with Gasteiger partial charge in [-0.2, -0.15) is 5.10 Å². The summed E-state index contributed by atoms with van der Waals surface area (Å²) in [4.78, 5) is 18.3. The first-order valence-corrected chi connectivity index (χ1v) is 11.4. The van der Waals surface area contributed by atoms with Crippen molar-refractivity contribution in [3.8, 4) is 0 Å². The molecule has 2 bridgehead atoms. The van der Waals surface area contributed by atoms with Crippen molar-refractivity contribution in [2.75, 3.05) is 32.7 Å². The second-order valence-corrected chi connectivity index (χ2v) is 9.22. The third-order valence-corrected chi connectivity index (χ3v) is 7.02. The smallest absolute Gasteiger partial charge is 0.255 e. The van der Waals surface area contributed by atoms with Gasteiger partial charge in [0.25, 0.3) is 5.56 Å². The maximum absolute atomic E-state index is 13.2. The zero-order valence-electron chi connectivity index (χ0n) is 17.4. The van der Waals surface area contributed by atoms with Crippen molar-refractivity contribution in [2.45, 2.75) is 57.7 Å². The average molecular weight is 396 g/mol. The lowest BCUT2D eigenvalue weighted by Crippen LogP contribution is -2.48. The average Bonchev–Trinajstić information content (AvgIpc) is 3.25. The summed E-state index contributed by atoms with van der Waals surface area (Å²) < 4.78 is 4.14. The minimum atomic E-state index is 0.273. The molecular weight excluding hydrogens is 362 g/mol. The summed E-state index contributed by atoms with van der Waals surface area (Å²) in [6.45, 7) is 8.30. The molecule has 0 N–H and O–H groups in total. The van der Waals surface area contributed by atoms with Crippen molar-refractivity contribution < 1.29 is 0 Å². The molecule has 3 aliphatic rings. The first-order valence-electron chi connectivity index (χ1n) is 11.4. The molecule has 3 aliphatic heterocycles. The Morgan fingerprint density at radius 1 is 1.00 bits per heavy atom. The Hall–Kier alpha value is -1.92. The SMILES string of the molecule is O=c1c(CN2CCCCC2)ccc2n1C[C@H]1C[C@@H]2CN(CCCn2cccn2)C1. The van der Waals surface area contributed by atoms with Gasteiger partial charge in [0.15, 0.2) is 0 Å². The van der Waals surface area contributed by atoms with E-state index in [1.165, 1.54) is 31.4 Å². The number of fused-ring (bicyclic) bond motifs is 4. The summed E-state index contributed by atoms with van der Waals surface area (Å²) in [5.41, 5.74) is 2.53. The highest BCUT2D eigenvalue weighted by Gasteiger charge is 2.34. The molecule has 2 saturated heterocycles. The summed E-state index contributed by atoms with van der Waals surface area (Å²) >= 11 is 0. The second kappa shape index (κ2) is 8.44. The van der Waals surface area contributed by atoms with E-state index in [1.807, 2.05) is 23.1 Å². The number of aryl methyl sites for hydroxylation is 1. The standard InChI is InChI=1S/C23H33N5O/c29-23-20(17-25-9-2-1-3-10-25)6-7-22-21-14-19(16-28(22)23)15-26(18-21)11-5-13-27-12-4-8-24-27/h4,6-8,12,19,21H,1-3,5,9-11,13-18H2/t19-,21+/m0/s1. The van der Waals surface area contributed by atoms with E-state index in [1.54, 1.807) is 0 Å². The Balaban J connectivity index is 1.25. The van der Waals surface area contributed by atoms with Crippen molar-refractivity contribution in [2.24, 2.45) is 5.92 Å². The Bertz CT molecular complexity index is 868. The van der Waals surface area contributed by atoms with Gasteiger partial charge in [0, 0.05) is 62.3 Å². The van der Waals surface area contributed by atoms with E-state index in [2.05, 4.69) is 31.6 Å². The van der Waals surface area contributed by atoms with Gasteiger partial charge in [-0.3, -0.25) is 14.4 Å². The molecule has 29 heavy (non-hydrogen) atoms. The summed E-state index contributed by atoms with van der Waals surface area (Å²) in [6, 6.07) is 6.37. The van der Waals surface area contributed by atoms with Crippen LogP contribution in [0.5, 0.6) is 0 Å². The molecule has 156 valence electrons. The quantitative estimate of drug-likeness (QED) is 0.754. The van der Waals surface area contributed by atoms with Gasteiger partial charge >= 0.3 is 0 Å². The highest BCUT2D eigenvalue weighted by Crippen LogP contribution is 2.35. The van der Waals surface area contributed by atoms with Gasteiger partial charge in [-0.1, -0.05) is 12.5 Å². The number of nitrogens with zero attached hydrogens (tertiary/aromatic N) is 5. The predicted octanol–water partition coefficient (Wildman–Crippen LogP) is 2.54. The van der Waals surface area contributed by atoms with Gasteiger partial charge in [-0.15, -0.1) is 0 Å². The molecular formula is C23H33N5O. The molecule has 5 heterocycles. The molecule has 0 amide bonds. The Kier molecular flexibility index (Phi) is 5.55. The monoisotopic (exact) mass is 395 g/mol. The van der Waals surface area contributed by atoms with Crippen molar-refractivity contribution in [1.82, 2.24) is 24.1 Å². The third kappa shape index (κ3) is 4.19. The lowest BCUT2D eigenvalue weighted by atomic mass is 9.83. The van der Waals surface area contributed by atoms with Gasteiger partial charge < -0.3 is 9.47 Å². The Labute approximate surface area is 173 Å². The van der Waals surface area contributed by atoms with Crippen LogP contribution >= 0.6 is 0 Å². The summed E-state index contributed by atoms with van der Waals surface area (Å²) in [5.74, 6) is 1.11. The molecule has 0 unspecified atom stereocenters. The van der Waals surface area contributed by atoms with Gasteiger partial charge in [0.1, 0.15) is 0 Å². The fourth-order valence-corrected chi connectivity index (χ4v) is 5.64. The minimum Gasteiger partial charge on any atom is -0.312 e. The number of pyridine rings is 1. The summed E-state index contributed by atoms with van der Waals surface area (Å²) in [6.07, 6.45) is 10.1. The van der Waals surface area contributed by atoms with E-state index in [-0.39, 0.29) is 5.56 Å². The maximum atomic E-state index is 13.2. The van der Waals surface area contributed by atoms with Crippen LogP contribution in [0.1, 0.15) is 49.3 Å². The fraction of sp³-hybridized carbons (Fsp3) is 0.652. The van der Waals surface area contributed by atoms with Crippen molar-refractivity contribution in [1.29, 1.82) is 0 Å². The molecule has 0 saturated carbocycles. The first-order chi connectivity index (χ1) is 14.3. The predicted molar refractivity (Wildman–Crippen MR) is 114 cm³/mol. The maximum Gasteiger partial charge on any atom is 0.255 e. The van der Waals surface area contributed by atoms with E-state index in [0.717, 1.165) is 64.3 Å². The number of rotatable bonds is 6. The summed E-state index contributed by atoms with van der Waals surface area (Å²) in [5, 5.41) is 4.30. The molecule has 2 aromatic heterocycles. The van der Waals surface area contributed by atoms with Crippen molar-refractivity contribution in [3.05, 3.63) is 52.2 Å². The number of hydrogen-bond donors (Lipinski definition) is 0. The van der Waals surface area contributed by atoms with Gasteiger partial charge in [-0.05, 0) is 63.4 Å². The highest BCUT2D eigenvalue weighted by molar-refractivity contribution is 5.22. The van der Waals surface area contributed by atoms with Crippen LogP contribution in [0.4, 0.5) is 0 Å². The number of hydrogen-bond acceptors (Lipinski definition) is 4. The first kappa shape index (κ1) is 19.1. The molecule has 6 heteroatoms. The fourth-order valence-electron chi connectivity index (χ4n) is 5.64. The van der Waals surface area contributed by atoms with Crippen LogP contribution in [-0.2, 0) is 19.6 Å². The van der Waals surface area contributed by atoms with E-state index in [9.17, 15) is 4.79 Å². The van der Waals surface area contributed by atoms with Crippen LogP contribution in [0.2, 0.25) is 0 Å². The summed E-state index contributed by atoms with van der Waals surface area (Å²) in [7, 11) is 0. The second-order valence-electron chi connectivity index (χ2n) is 9.22. The molecule has 0 spiro atoms. The largest absolute Gasteiger partial charge is 0.312 e. The molecule has 0 aromatic carbocycles. The number of likely N-dealkylation sites (tertiary alicyclic amines) is 2. The molecule has 5 rings (SSSR count). The molecule has 2 aromatic rings. The van der Waals surface area contributed by atoms with E-state index >= 15 is 0 Å². The van der Waals surface area contributed by atoms with Crippen LogP contribution in [0.3, 0.4) is 0 Å². The van der Waals surface area contributed by atoms with Gasteiger partial charge in [0.2, 0.25) is 0 Å². The number of piperidine rings is 2. The van der Waals surface area contributed by atoms with Crippen LogP contribution in [0.15, 0.2) is 35.4 Å². The normalized spacial score (nSPS) is 25.1. The van der Waals surface area contributed by atoms with Gasteiger partial charge in [0.05, 0.1) is 0 Å². The lowest BCUT2D eigenvalue weighted by Gasteiger charge is -2.43. The number of aromatic nitrogens is 3. The van der Waals surface area contributed by atoms with E-state index < -0.39 is 0 Å². The van der Waals surface area contributed by atoms with Crippen molar-refractivity contribution >= 4 is 0 Å². The van der Waals surface area contributed by atoms with Crippen molar-refractivity contribution in [3.63, 3.8) is 0 Å². The lowest BCUT2D eigenvalue weighted by molar-refractivity contribution is 0.117. The zero-order valence-corrected chi connectivity index (χ0v) is 17.4. The molecule has 2 atom stereocenters. The van der Waals surface area contributed by atoms with E-state index in [0.29, 0.717) is 11.8 Å². The van der Waals surface area contributed by atoms with E-state index in [4.69, 9.17) is 0 Å². The highest BCUT2D eigenvalue weighted by atomic mass is 16.1. The minimum absolute atomic E-state index is 0.273. The Morgan fingerprint density at radius 2 is 1.90 bits per heavy atom. The third-order valence-electron chi connectivity index (χ3n) is 7.02. The molecule has 0 radical (unpaired) electrons. The van der Waals surface area contributed by atoms with Crippen LogP contribution in [0, 0.1) is 5.92 Å². The van der Waals surface area contributed by atoms with Gasteiger partial charge in [-0.25, -0.2) is 0 Å². The van der Waals surface area contributed by atoms with Crippen LogP contribution in [-0.4, -0.2) is 56.9 Å². The molecule has 0 aliphatic carbocycles. The molecule has 6 nitrogen and oxygen atoms in total. The zero-order chi connectivity index (χ0) is 19.6. The topological polar surface area (TPSA) is 46.3 Å².